The number of benzene rings is 1. The molecule has 9 heteroatoms. The summed E-state index contributed by atoms with van der Waals surface area (Å²) in [5.74, 6) is 0.379. The van der Waals surface area contributed by atoms with Gasteiger partial charge in [0.25, 0.3) is 0 Å². The van der Waals surface area contributed by atoms with Crippen molar-refractivity contribution in [2.45, 2.75) is 13.2 Å². The molecule has 0 spiro atoms. The fourth-order valence-electron chi connectivity index (χ4n) is 2.46. The zero-order valence-corrected chi connectivity index (χ0v) is 13.7. The molecule has 0 unspecified atom stereocenters. The topological polar surface area (TPSA) is 114 Å². The van der Waals surface area contributed by atoms with Crippen molar-refractivity contribution < 1.29 is 9.53 Å². The van der Waals surface area contributed by atoms with E-state index in [0.717, 1.165) is 11.0 Å². The molecule has 2 aromatic heterocycles. The number of urea groups is 1. The lowest BCUT2D eigenvalue weighted by molar-refractivity contribution is 0.181. The van der Waals surface area contributed by atoms with Gasteiger partial charge >= 0.3 is 11.7 Å². The molecule has 25 heavy (non-hydrogen) atoms. The molecule has 0 bridgehead atoms. The lowest BCUT2D eigenvalue weighted by atomic mass is 10.3. The van der Waals surface area contributed by atoms with Crippen LogP contribution in [0.3, 0.4) is 0 Å². The molecular formula is C16H18N6O3. The number of carbonyl (C=O) groups is 1. The monoisotopic (exact) mass is 342 g/mol. The first-order chi connectivity index (χ1) is 12.2. The van der Waals surface area contributed by atoms with E-state index < -0.39 is 6.03 Å². The van der Waals surface area contributed by atoms with E-state index >= 15 is 0 Å². The summed E-state index contributed by atoms with van der Waals surface area (Å²) < 4.78 is 6.57. The third-order valence-electron chi connectivity index (χ3n) is 3.56. The molecule has 3 rings (SSSR count). The van der Waals surface area contributed by atoms with E-state index in [1.807, 2.05) is 24.3 Å². The number of methoxy groups -OCH3 is 1. The van der Waals surface area contributed by atoms with Crippen LogP contribution < -0.4 is 16.3 Å². The summed E-state index contributed by atoms with van der Waals surface area (Å²) in [5.41, 5.74) is 2.03. The van der Waals surface area contributed by atoms with Crippen LogP contribution in [0.1, 0.15) is 5.69 Å². The highest BCUT2D eigenvalue weighted by molar-refractivity contribution is 5.88. The van der Waals surface area contributed by atoms with Crippen LogP contribution in [-0.4, -0.2) is 39.2 Å². The Labute approximate surface area is 143 Å². The average Bonchev–Trinajstić information content (AvgIpc) is 2.91. The lowest BCUT2D eigenvalue weighted by Gasteiger charge is -2.08. The number of amides is 2. The maximum atomic E-state index is 12.0. The zero-order valence-electron chi connectivity index (χ0n) is 13.7. The number of aromatic nitrogens is 4. The molecule has 1 aromatic carbocycles. The first-order valence-electron chi connectivity index (χ1n) is 7.69. The van der Waals surface area contributed by atoms with Crippen LogP contribution >= 0.6 is 0 Å². The molecule has 0 fully saturated rings. The average molecular weight is 342 g/mol. The minimum atomic E-state index is -0.407. The number of nitrogens with zero attached hydrogens (tertiary/aromatic N) is 3. The Morgan fingerprint density at radius 2 is 2.16 bits per heavy atom. The van der Waals surface area contributed by atoms with E-state index in [4.69, 9.17) is 4.74 Å². The number of nitrogens with one attached hydrogen (secondary N) is 3. The largest absolute Gasteiger partial charge is 0.378 e. The molecule has 0 aliphatic carbocycles. The number of para-hydroxylation sites is 2. The van der Waals surface area contributed by atoms with Gasteiger partial charge in [0.15, 0.2) is 0 Å². The first kappa shape index (κ1) is 16.7. The van der Waals surface area contributed by atoms with Crippen molar-refractivity contribution in [1.82, 2.24) is 24.8 Å². The molecular weight excluding hydrogens is 324 g/mol. The number of aromatic amines is 1. The lowest BCUT2D eigenvalue weighted by Crippen LogP contribution is -2.33. The van der Waals surface area contributed by atoms with E-state index in [2.05, 4.69) is 25.6 Å². The van der Waals surface area contributed by atoms with Gasteiger partial charge in [-0.3, -0.25) is 9.88 Å². The van der Waals surface area contributed by atoms with E-state index in [1.165, 1.54) is 6.33 Å². The van der Waals surface area contributed by atoms with Crippen molar-refractivity contribution in [3.05, 3.63) is 52.8 Å². The molecule has 0 saturated carbocycles. The predicted octanol–water partition coefficient (Wildman–Crippen LogP) is 1.09. The van der Waals surface area contributed by atoms with Crippen LogP contribution in [0.25, 0.3) is 11.0 Å². The number of fused-ring (bicyclic) bond motifs is 1. The first-order valence-corrected chi connectivity index (χ1v) is 7.69. The summed E-state index contributed by atoms with van der Waals surface area (Å²) in [6.07, 6.45) is 1.36. The molecule has 0 atom stereocenters. The van der Waals surface area contributed by atoms with Gasteiger partial charge in [-0.25, -0.2) is 19.6 Å². The van der Waals surface area contributed by atoms with Crippen LogP contribution in [0.5, 0.6) is 0 Å². The van der Waals surface area contributed by atoms with Gasteiger partial charge in [0.2, 0.25) is 0 Å². The highest BCUT2D eigenvalue weighted by Gasteiger charge is 2.07. The molecule has 0 saturated heterocycles. The third-order valence-corrected chi connectivity index (χ3v) is 3.56. The van der Waals surface area contributed by atoms with Gasteiger partial charge in [-0.2, -0.15) is 0 Å². The molecule has 2 amide bonds. The van der Waals surface area contributed by atoms with E-state index in [0.29, 0.717) is 31.2 Å². The van der Waals surface area contributed by atoms with Gasteiger partial charge in [0.05, 0.1) is 23.3 Å². The zero-order chi connectivity index (χ0) is 17.6. The van der Waals surface area contributed by atoms with Crippen LogP contribution in [0.2, 0.25) is 0 Å². The highest BCUT2D eigenvalue weighted by Crippen LogP contribution is 2.08. The van der Waals surface area contributed by atoms with Gasteiger partial charge in [0.1, 0.15) is 12.1 Å². The summed E-state index contributed by atoms with van der Waals surface area (Å²) in [6, 6.07) is 8.63. The standard InChI is InChI=1S/C16H18N6O3/c1-25-9-11-8-14(19-10-18-11)21-15(23)17-6-7-22-13-5-3-2-4-12(13)20-16(22)24/h2-5,8,10H,6-7,9H2,1H3,(H,20,24)(H2,17,18,19,21,23). The van der Waals surface area contributed by atoms with Crippen molar-refractivity contribution in [2.24, 2.45) is 0 Å². The van der Waals surface area contributed by atoms with E-state index in [1.54, 1.807) is 17.7 Å². The number of hydrogen-bond acceptors (Lipinski definition) is 5. The Balaban J connectivity index is 1.56. The summed E-state index contributed by atoms with van der Waals surface area (Å²) in [4.78, 5) is 34.7. The molecule has 0 aliphatic rings. The van der Waals surface area contributed by atoms with Gasteiger partial charge in [0, 0.05) is 26.3 Å². The van der Waals surface area contributed by atoms with Crippen molar-refractivity contribution in [1.29, 1.82) is 0 Å². The van der Waals surface area contributed by atoms with Crippen LogP contribution in [0.15, 0.2) is 41.5 Å². The van der Waals surface area contributed by atoms with Crippen LogP contribution in [0.4, 0.5) is 10.6 Å². The maximum absolute atomic E-state index is 12.0. The van der Waals surface area contributed by atoms with Crippen molar-refractivity contribution in [3.63, 3.8) is 0 Å². The Kier molecular flexibility index (Phi) is 5.05. The molecule has 0 aliphatic heterocycles. The molecule has 3 N–H and O–H groups in total. The second-order valence-electron chi connectivity index (χ2n) is 5.31. The predicted molar refractivity (Wildman–Crippen MR) is 92.3 cm³/mol. The van der Waals surface area contributed by atoms with Crippen molar-refractivity contribution in [3.8, 4) is 0 Å². The number of ether oxygens (including phenoxy) is 1. The fraction of sp³-hybridized carbons (Fsp3) is 0.250. The summed E-state index contributed by atoms with van der Waals surface area (Å²) in [7, 11) is 1.56. The Morgan fingerprint density at radius 3 is 3.00 bits per heavy atom. The van der Waals surface area contributed by atoms with E-state index in [-0.39, 0.29) is 5.69 Å². The van der Waals surface area contributed by atoms with Gasteiger partial charge in [-0.05, 0) is 12.1 Å². The summed E-state index contributed by atoms with van der Waals surface area (Å²) >= 11 is 0. The molecule has 3 aromatic rings. The fourth-order valence-corrected chi connectivity index (χ4v) is 2.46. The molecule has 9 nitrogen and oxygen atoms in total. The van der Waals surface area contributed by atoms with Gasteiger partial charge in [-0.1, -0.05) is 12.1 Å². The second kappa shape index (κ2) is 7.58. The number of H-pyrrole nitrogens is 1. The number of anilines is 1. The number of carbonyl (C=O) groups excluding carboxylic acids is 1. The van der Waals surface area contributed by atoms with E-state index in [9.17, 15) is 9.59 Å². The number of imidazole rings is 1. The van der Waals surface area contributed by atoms with Gasteiger partial charge in [-0.15, -0.1) is 0 Å². The smallest absolute Gasteiger partial charge is 0.326 e. The molecule has 2 heterocycles. The minimum absolute atomic E-state index is 0.205. The Bertz CT molecular complexity index is 933. The minimum Gasteiger partial charge on any atom is -0.378 e. The van der Waals surface area contributed by atoms with Crippen molar-refractivity contribution in [2.75, 3.05) is 19.0 Å². The SMILES string of the molecule is COCc1cc(NC(=O)NCCn2c(=O)[nH]c3ccccc32)ncn1. The Hall–Kier alpha value is -3.20. The second-order valence-corrected chi connectivity index (χ2v) is 5.31. The Morgan fingerprint density at radius 1 is 1.32 bits per heavy atom. The molecule has 130 valence electrons. The third kappa shape index (κ3) is 4.01. The van der Waals surface area contributed by atoms with Crippen molar-refractivity contribution >= 4 is 22.9 Å². The summed E-state index contributed by atoms with van der Waals surface area (Å²) in [6.45, 7) is 0.987. The van der Waals surface area contributed by atoms with Crippen LogP contribution in [0, 0.1) is 0 Å². The quantitative estimate of drug-likeness (QED) is 0.620. The highest BCUT2D eigenvalue weighted by atomic mass is 16.5. The number of hydrogen-bond donors (Lipinski definition) is 3. The van der Waals surface area contributed by atoms with Gasteiger partial charge < -0.3 is 15.0 Å². The maximum Gasteiger partial charge on any atom is 0.326 e. The molecule has 0 radical (unpaired) electrons. The normalized spacial score (nSPS) is 10.8. The summed E-state index contributed by atoms with van der Waals surface area (Å²) in [5, 5.41) is 5.32. The van der Waals surface area contributed by atoms with Crippen LogP contribution in [-0.2, 0) is 17.9 Å². The number of rotatable bonds is 6.